The molecule has 0 aliphatic heterocycles. The lowest BCUT2D eigenvalue weighted by atomic mass is 9.92. The largest absolute Gasteiger partial charge is 0.463 e. The lowest BCUT2D eigenvalue weighted by Gasteiger charge is -2.10. The molecule has 1 unspecified atom stereocenters. The fraction of sp³-hybridized carbons (Fsp3) is 0.286. The average molecular weight is 246 g/mol. The molecule has 18 heavy (non-hydrogen) atoms. The topological polar surface area (TPSA) is 60.4 Å². The van der Waals surface area contributed by atoms with Gasteiger partial charge in [0.05, 0.1) is 0 Å². The summed E-state index contributed by atoms with van der Waals surface area (Å²) in [7, 11) is 0. The van der Waals surface area contributed by atoms with E-state index < -0.39 is 0 Å². The summed E-state index contributed by atoms with van der Waals surface area (Å²) < 4.78 is 4.70. The van der Waals surface area contributed by atoms with Gasteiger partial charge in [0, 0.05) is 30.5 Å². The van der Waals surface area contributed by atoms with Crippen LogP contribution in [0, 0.1) is 0 Å². The van der Waals surface area contributed by atoms with Gasteiger partial charge in [0.25, 0.3) is 0 Å². The first-order valence-electron chi connectivity index (χ1n) is 5.56. The molecule has 2 aliphatic carbocycles. The fourth-order valence-electron chi connectivity index (χ4n) is 1.44. The van der Waals surface area contributed by atoms with Gasteiger partial charge in [-0.05, 0) is 13.0 Å². The van der Waals surface area contributed by atoms with Crippen LogP contribution in [0.25, 0.3) is 0 Å². The van der Waals surface area contributed by atoms with Crippen molar-refractivity contribution in [2.45, 2.75) is 26.4 Å². The number of esters is 1. The van der Waals surface area contributed by atoms with Crippen LogP contribution in [0.2, 0.25) is 0 Å². The van der Waals surface area contributed by atoms with Crippen molar-refractivity contribution in [1.82, 2.24) is 0 Å². The minimum absolute atomic E-state index is 0.201. The van der Waals surface area contributed by atoms with Gasteiger partial charge in [-0.15, -0.1) is 0 Å². The van der Waals surface area contributed by atoms with Gasteiger partial charge in [0.2, 0.25) is 0 Å². The monoisotopic (exact) mass is 246 g/mol. The molecule has 0 heterocycles. The normalized spacial score (nSPS) is 12.2. The number of hydrogen-bond donors (Lipinski definition) is 0. The third-order valence-corrected chi connectivity index (χ3v) is 2.29. The molecule has 1 aromatic rings. The first-order chi connectivity index (χ1) is 8.54. The van der Waals surface area contributed by atoms with E-state index in [1.54, 1.807) is 12.9 Å². The molecule has 1 atom stereocenters. The van der Waals surface area contributed by atoms with Gasteiger partial charge in [-0.25, -0.2) is 4.79 Å². The van der Waals surface area contributed by atoms with Crippen molar-refractivity contribution in [3.05, 3.63) is 41.5 Å². The van der Waals surface area contributed by atoms with Gasteiger partial charge in [-0.2, -0.15) is 0 Å². The molecule has 2 bridgehead atoms. The van der Waals surface area contributed by atoms with Crippen LogP contribution in [0.5, 0.6) is 0 Å². The van der Waals surface area contributed by atoms with Gasteiger partial charge >= 0.3 is 5.97 Å². The molecule has 0 aromatic heterocycles. The summed E-state index contributed by atoms with van der Waals surface area (Å²) in [6, 6.07) is 7.44. The average Bonchev–Trinajstić information content (AvgIpc) is 2.36. The highest BCUT2D eigenvalue weighted by molar-refractivity contribution is 6.16. The first-order valence-corrected chi connectivity index (χ1v) is 5.56. The van der Waals surface area contributed by atoms with Crippen molar-refractivity contribution in [3.63, 3.8) is 0 Å². The molecule has 0 radical (unpaired) electrons. The number of carbonyl (C=O) groups is 2. The summed E-state index contributed by atoms with van der Waals surface area (Å²) in [6.07, 6.45) is 1.51. The lowest BCUT2D eigenvalue weighted by molar-refractivity contribution is -0.145. The Balaban J connectivity index is 0.000000182. The molecule has 0 saturated heterocycles. The highest BCUT2D eigenvalue weighted by Gasteiger charge is 2.17. The quantitative estimate of drug-likeness (QED) is 0.613. The Labute approximate surface area is 105 Å². The lowest BCUT2D eigenvalue weighted by Crippen LogP contribution is -2.10. The third kappa shape index (κ3) is 4.00. The van der Waals surface area contributed by atoms with Crippen molar-refractivity contribution in [3.8, 4) is 0 Å². The maximum Gasteiger partial charge on any atom is 0.302 e. The molecule has 0 spiro atoms. The minimum Gasteiger partial charge on any atom is -0.463 e. The zero-order chi connectivity index (χ0) is 13.5. The van der Waals surface area contributed by atoms with Crippen LogP contribution < -0.4 is 0 Å². The Morgan fingerprint density at radius 2 is 2.06 bits per heavy atom. The van der Waals surface area contributed by atoms with E-state index in [1.165, 1.54) is 13.0 Å². The van der Waals surface area contributed by atoms with Crippen LogP contribution in [0.4, 0.5) is 0 Å². The summed E-state index contributed by atoms with van der Waals surface area (Å²) >= 11 is 0. The smallest absolute Gasteiger partial charge is 0.302 e. The van der Waals surface area contributed by atoms with Gasteiger partial charge in [-0.1, -0.05) is 18.2 Å². The molecule has 0 N–H and O–H groups in total. The molecule has 0 saturated carbocycles. The zero-order valence-electron chi connectivity index (χ0n) is 10.3. The molecule has 0 fully saturated rings. The van der Waals surface area contributed by atoms with Crippen LogP contribution in [-0.4, -0.2) is 23.8 Å². The number of benzene rings is 1. The van der Waals surface area contributed by atoms with Gasteiger partial charge < -0.3 is 4.74 Å². The second kappa shape index (κ2) is 6.52. The summed E-state index contributed by atoms with van der Waals surface area (Å²) in [6.45, 7) is 3.05. The van der Waals surface area contributed by atoms with E-state index in [2.05, 4.69) is 0 Å². The van der Waals surface area contributed by atoms with Crippen molar-refractivity contribution in [1.29, 1.82) is 0 Å². The summed E-state index contributed by atoms with van der Waals surface area (Å²) in [5.74, 6) is 1.48. The van der Waals surface area contributed by atoms with E-state index >= 15 is 0 Å². The molecule has 2 aliphatic rings. The van der Waals surface area contributed by atoms with Gasteiger partial charge in [0.15, 0.2) is 5.78 Å². The standard InChI is InChI=1S/C7H10O3.C7H4O/c1-6(4-3-5-8)10-7(2)9;8-7-5-2-1-3-6(7)4-5/h3,6H,4H2,1-2H3;1-4H. The Kier molecular flexibility index (Phi) is 5.03. The molecule has 4 heteroatoms. The van der Waals surface area contributed by atoms with E-state index in [0.717, 1.165) is 11.1 Å². The number of ketones is 1. The molecular formula is C14H14O4. The second-order valence-electron chi connectivity index (χ2n) is 3.89. The van der Waals surface area contributed by atoms with Crippen LogP contribution in [0.15, 0.2) is 30.3 Å². The molecular weight excluding hydrogens is 232 g/mol. The van der Waals surface area contributed by atoms with Crippen LogP contribution in [0.1, 0.15) is 36.2 Å². The number of fused-ring (bicyclic) bond motifs is 2. The number of carbonyl (C=O) groups excluding carboxylic acids is 3. The predicted molar refractivity (Wildman–Crippen MR) is 66.0 cm³/mol. The summed E-state index contributed by atoms with van der Waals surface area (Å²) in [5, 5.41) is 0. The van der Waals surface area contributed by atoms with E-state index in [9.17, 15) is 14.4 Å². The second-order valence-corrected chi connectivity index (χ2v) is 3.89. The fourth-order valence-corrected chi connectivity index (χ4v) is 1.44. The SMILES string of the molecule is CC(=O)OC(C)CC=C=O.O=C1c2cccc1c2. The summed E-state index contributed by atoms with van der Waals surface area (Å²) in [4.78, 5) is 30.6. The minimum atomic E-state index is -0.327. The number of ether oxygens (including phenoxy) is 1. The molecule has 0 amide bonds. The molecule has 3 rings (SSSR count). The zero-order valence-corrected chi connectivity index (χ0v) is 10.3. The van der Waals surface area contributed by atoms with E-state index in [-0.39, 0.29) is 17.9 Å². The third-order valence-electron chi connectivity index (χ3n) is 2.29. The van der Waals surface area contributed by atoms with E-state index in [0.29, 0.717) is 6.42 Å². The number of rotatable bonds is 3. The maximum absolute atomic E-state index is 10.7. The van der Waals surface area contributed by atoms with Gasteiger partial charge in [0.1, 0.15) is 12.0 Å². The Morgan fingerprint density at radius 3 is 2.39 bits per heavy atom. The van der Waals surface area contributed by atoms with E-state index in [1.807, 2.05) is 24.3 Å². The first kappa shape index (κ1) is 13.9. The van der Waals surface area contributed by atoms with Crippen molar-refractivity contribution < 1.29 is 19.1 Å². The maximum atomic E-state index is 10.7. The van der Waals surface area contributed by atoms with E-state index in [4.69, 9.17) is 4.74 Å². The highest BCUT2D eigenvalue weighted by Crippen LogP contribution is 2.19. The Morgan fingerprint density at radius 1 is 1.44 bits per heavy atom. The Bertz CT molecular complexity index is 466. The van der Waals surface area contributed by atoms with Crippen molar-refractivity contribution >= 4 is 17.7 Å². The predicted octanol–water partition coefficient (Wildman–Crippen LogP) is 1.95. The summed E-state index contributed by atoms with van der Waals surface area (Å²) in [5.41, 5.74) is 1.70. The van der Waals surface area contributed by atoms with Crippen LogP contribution >= 0.6 is 0 Å². The van der Waals surface area contributed by atoms with Crippen molar-refractivity contribution in [2.75, 3.05) is 0 Å². The van der Waals surface area contributed by atoms with Crippen molar-refractivity contribution in [2.24, 2.45) is 0 Å². The Hall–Kier alpha value is -2.19. The van der Waals surface area contributed by atoms with Crippen LogP contribution in [0.3, 0.4) is 0 Å². The molecule has 94 valence electrons. The molecule has 1 aromatic carbocycles. The highest BCUT2D eigenvalue weighted by atomic mass is 16.5. The van der Waals surface area contributed by atoms with Gasteiger partial charge in [-0.3, -0.25) is 9.59 Å². The number of hydrogen-bond acceptors (Lipinski definition) is 4. The molecule has 4 nitrogen and oxygen atoms in total. The van der Waals surface area contributed by atoms with Crippen LogP contribution in [-0.2, 0) is 14.3 Å².